The highest BCUT2D eigenvalue weighted by atomic mass is 16.5. The molecule has 3 rings (SSSR count). The van der Waals surface area contributed by atoms with Crippen LogP contribution < -0.4 is 10.3 Å². The number of H-pyrrole nitrogens is 2. The monoisotopic (exact) mass is 380 g/mol. The van der Waals surface area contributed by atoms with Crippen LogP contribution in [0.5, 0.6) is 5.75 Å². The van der Waals surface area contributed by atoms with Gasteiger partial charge in [0.05, 0.1) is 12.7 Å². The Morgan fingerprint density at radius 3 is 2.29 bits per heavy atom. The zero-order valence-corrected chi connectivity index (χ0v) is 16.7. The lowest BCUT2D eigenvalue weighted by molar-refractivity contribution is 0.0214. The Balaban J connectivity index is 1.51. The molecule has 5 heteroatoms. The Morgan fingerprint density at radius 1 is 0.893 bits per heavy atom. The molecule has 0 saturated heterocycles. The van der Waals surface area contributed by atoms with Gasteiger partial charge in [-0.15, -0.1) is 0 Å². The van der Waals surface area contributed by atoms with E-state index in [1.165, 1.54) is 0 Å². The van der Waals surface area contributed by atoms with E-state index in [4.69, 9.17) is 9.47 Å². The van der Waals surface area contributed by atoms with Gasteiger partial charge in [-0.2, -0.15) is 0 Å². The van der Waals surface area contributed by atoms with E-state index in [1.807, 2.05) is 61.5 Å². The molecule has 5 nitrogen and oxygen atoms in total. The van der Waals surface area contributed by atoms with Crippen LogP contribution in [-0.4, -0.2) is 22.9 Å². The summed E-state index contributed by atoms with van der Waals surface area (Å²) >= 11 is 0. The first-order chi connectivity index (χ1) is 13.5. The summed E-state index contributed by atoms with van der Waals surface area (Å²) in [4.78, 5) is 12.0. The number of benzene rings is 2. The number of hydrogen-bond donors (Lipinski definition) is 2. The van der Waals surface area contributed by atoms with Crippen LogP contribution >= 0.6 is 0 Å². The third kappa shape index (κ3) is 5.36. The first kappa shape index (κ1) is 20.0. The van der Waals surface area contributed by atoms with Gasteiger partial charge in [-0.25, -0.2) is 0 Å². The zero-order chi connectivity index (χ0) is 19.9. The standard InChI is InChI=1S/C23H28N2O3/c1-16(2)22-21(23(26)25-24-22)13-18-9-11-20(12-10-18)28-14-17(3)27-15-19-7-5-4-6-8-19/h4-12,16-17H,13-15H2,1-3H3,(H2,24,25,26). The van der Waals surface area contributed by atoms with Gasteiger partial charge in [0.25, 0.3) is 5.56 Å². The van der Waals surface area contributed by atoms with Gasteiger partial charge in [0.2, 0.25) is 0 Å². The molecule has 2 N–H and O–H groups in total. The summed E-state index contributed by atoms with van der Waals surface area (Å²) in [6.45, 7) is 7.21. The number of aromatic nitrogens is 2. The molecule has 1 unspecified atom stereocenters. The van der Waals surface area contributed by atoms with Crippen LogP contribution in [0.2, 0.25) is 0 Å². The lowest BCUT2D eigenvalue weighted by Gasteiger charge is -2.14. The van der Waals surface area contributed by atoms with Crippen LogP contribution in [0.3, 0.4) is 0 Å². The van der Waals surface area contributed by atoms with Gasteiger partial charge in [0.1, 0.15) is 12.4 Å². The van der Waals surface area contributed by atoms with E-state index >= 15 is 0 Å². The van der Waals surface area contributed by atoms with Crippen LogP contribution in [0.4, 0.5) is 0 Å². The highest BCUT2D eigenvalue weighted by molar-refractivity contribution is 5.32. The van der Waals surface area contributed by atoms with Gasteiger partial charge in [-0.05, 0) is 36.1 Å². The number of nitrogens with one attached hydrogen (secondary N) is 2. The molecule has 0 saturated carbocycles. The maximum Gasteiger partial charge on any atom is 0.267 e. The SMILES string of the molecule is CC(COc1ccc(Cc2c(C(C)C)[nH][nH]c2=O)cc1)OCc1ccccc1. The predicted molar refractivity (Wildman–Crippen MR) is 111 cm³/mol. The van der Waals surface area contributed by atoms with Crippen molar-refractivity contribution in [3.63, 3.8) is 0 Å². The van der Waals surface area contributed by atoms with E-state index in [-0.39, 0.29) is 17.6 Å². The molecule has 0 aliphatic rings. The number of ether oxygens (including phenoxy) is 2. The molecule has 148 valence electrons. The number of rotatable bonds is 9. The van der Waals surface area contributed by atoms with Crippen molar-refractivity contribution >= 4 is 0 Å². The fourth-order valence-corrected chi connectivity index (χ4v) is 3.05. The summed E-state index contributed by atoms with van der Waals surface area (Å²) in [5.41, 5.74) is 3.95. The molecule has 0 aliphatic heterocycles. The Bertz CT molecular complexity index is 911. The minimum absolute atomic E-state index is 0.00750. The first-order valence-corrected chi connectivity index (χ1v) is 9.69. The molecule has 0 aliphatic carbocycles. The van der Waals surface area contributed by atoms with Crippen LogP contribution in [0, 0.1) is 0 Å². The van der Waals surface area contributed by atoms with Crippen molar-refractivity contribution in [2.75, 3.05) is 6.61 Å². The minimum atomic E-state index is -0.0478. The highest BCUT2D eigenvalue weighted by Gasteiger charge is 2.13. The third-order valence-corrected chi connectivity index (χ3v) is 4.65. The lowest BCUT2D eigenvalue weighted by atomic mass is 10.00. The number of hydrogen-bond acceptors (Lipinski definition) is 3. The molecule has 1 aromatic heterocycles. The lowest BCUT2D eigenvalue weighted by Crippen LogP contribution is -2.18. The summed E-state index contributed by atoms with van der Waals surface area (Å²) in [7, 11) is 0. The summed E-state index contributed by atoms with van der Waals surface area (Å²) < 4.78 is 11.7. The molecule has 1 atom stereocenters. The third-order valence-electron chi connectivity index (χ3n) is 4.65. The Labute approximate surface area is 165 Å². The van der Waals surface area contributed by atoms with Gasteiger partial charge in [0, 0.05) is 17.7 Å². The molecule has 0 spiro atoms. The van der Waals surface area contributed by atoms with E-state index in [0.717, 1.165) is 28.1 Å². The topological polar surface area (TPSA) is 67.1 Å². The fourth-order valence-electron chi connectivity index (χ4n) is 3.05. The Kier molecular flexibility index (Phi) is 6.71. The quantitative estimate of drug-likeness (QED) is 0.578. The van der Waals surface area contributed by atoms with Gasteiger partial charge in [-0.3, -0.25) is 9.89 Å². The van der Waals surface area contributed by atoms with Crippen molar-refractivity contribution in [2.45, 2.75) is 45.8 Å². The fraction of sp³-hybridized carbons (Fsp3) is 0.348. The van der Waals surface area contributed by atoms with Crippen LogP contribution in [-0.2, 0) is 17.8 Å². The molecular formula is C23H28N2O3. The Hall–Kier alpha value is -2.79. The Morgan fingerprint density at radius 2 is 1.61 bits per heavy atom. The van der Waals surface area contributed by atoms with Crippen molar-refractivity contribution in [2.24, 2.45) is 0 Å². The van der Waals surface area contributed by atoms with Crippen molar-refractivity contribution in [1.82, 2.24) is 10.2 Å². The van der Waals surface area contributed by atoms with Gasteiger partial charge in [-0.1, -0.05) is 56.3 Å². The van der Waals surface area contributed by atoms with Crippen LogP contribution in [0.15, 0.2) is 59.4 Å². The maximum atomic E-state index is 12.0. The van der Waals surface area contributed by atoms with Gasteiger partial charge >= 0.3 is 0 Å². The van der Waals surface area contributed by atoms with Crippen molar-refractivity contribution in [3.05, 3.63) is 87.3 Å². The van der Waals surface area contributed by atoms with E-state index in [0.29, 0.717) is 19.6 Å². The average Bonchev–Trinajstić information content (AvgIpc) is 3.07. The van der Waals surface area contributed by atoms with E-state index in [9.17, 15) is 4.79 Å². The second-order valence-electron chi connectivity index (χ2n) is 7.37. The minimum Gasteiger partial charge on any atom is -0.491 e. The normalized spacial score (nSPS) is 12.3. The van der Waals surface area contributed by atoms with Crippen molar-refractivity contribution in [1.29, 1.82) is 0 Å². The molecule has 0 amide bonds. The van der Waals surface area contributed by atoms with Crippen LogP contribution in [0.25, 0.3) is 0 Å². The summed E-state index contributed by atoms with van der Waals surface area (Å²) in [5.74, 6) is 1.07. The largest absolute Gasteiger partial charge is 0.491 e. The number of aromatic amines is 2. The molecule has 0 fully saturated rings. The molecule has 1 heterocycles. The predicted octanol–water partition coefficient (Wildman–Crippen LogP) is 4.40. The van der Waals surface area contributed by atoms with Crippen molar-refractivity contribution in [3.8, 4) is 5.75 Å². The smallest absolute Gasteiger partial charge is 0.267 e. The molecule has 0 radical (unpaired) electrons. The second kappa shape index (κ2) is 9.42. The second-order valence-corrected chi connectivity index (χ2v) is 7.37. The molecule has 2 aromatic carbocycles. The van der Waals surface area contributed by atoms with Crippen molar-refractivity contribution < 1.29 is 9.47 Å². The maximum absolute atomic E-state index is 12.0. The molecule has 3 aromatic rings. The van der Waals surface area contributed by atoms with Crippen LogP contribution in [0.1, 0.15) is 49.1 Å². The van der Waals surface area contributed by atoms with Gasteiger partial charge < -0.3 is 14.6 Å². The first-order valence-electron chi connectivity index (χ1n) is 9.69. The summed E-state index contributed by atoms with van der Waals surface area (Å²) in [6.07, 6.45) is 0.593. The average molecular weight is 380 g/mol. The highest BCUT2D eigenvalue weighted by Crippen LogP contribution is 2.19. The van der Waals surface area contributed by atoms with E-state index in [2.05, 4.69) is 24.0 Å². The molecule has 0 bridgehead atoms. The van der Waals surface area contributed by atoms with E-state index in [1.54, 1.807) is 0 Å². The summed E-state index contributed by atoms with van der Waals surface area (Å²) in [5, 5.41) is 5.67. The molecular weight excluding hydrogens is 352 g/mol. The zero-order valence-electron chi connectivity index (χ0n) is 16.7. The van der Waals surface area contributed by atoms with E-state index < -0.39 is 0 Å². The molecule has 28 heavy (non-hydrogen) atoms. The van der Waals surface area contributed by atoms with Gasteiger partial charge in [0.15, 0.2) is 0 Å². The summed E-state index contributed by atoms with van der Waals surface area (Å²) in [6, 6.07) is 18.0.